The number of hydrogen-bond donors (Lipinski definition) is 2. The summed E-state index contributed by atoms with van der Waals surface area (Å²) in [4.78, 5) is 54.4. The van der Waals surface area contributed by atoms with E-state index in [2.05, 4.69) is 15.5 Å². The van der Waals surface area contributed by atoms with Crippen LogP contribution < -0.4 is 20.3 Å². The second-order valence-electron chi connectivity index (χ2n) is 12.5. The Labute approximate surface area is 242 Å². The molecule has 0 spiro atoms. The van der Waals surface area contributed by atoms with Gasteiger partial charge in [-0.2, -0.15) is 0 Å². The fourth-order valence-corrected chi connectivity index (χ4v) is 5.58. The highest BCUT2D eigenvalue weighted by molar-refractivity contribution is 6.06. The molecule has 1 aromatic rings. The summed E-state index contributed by atoms with van der Waals surface area (Å²) in [7, 11) is 0. The van der Waals surface area contributed by atoms with Gasteiger partial charge in [-0.05, 0) is 89.9 Å². The normalized spacial score (nSPS) is 19.6. The molecule has 1 aromatic carbocycles. The minimum absolute atomic E-state index is 0.103. The molecule has 0 unspecified atom stereocenters. The van der Waals surface area contributed by atoms with Crippen LogP contribution in [0.2, 0.25) is 0 Å². The highest BCUT2D eigenvalue weighted by atomic mass is 16.6. The van der Waals surface area contributed by atoms with Crippen LogP contribution in [0.15, 0.2) is 18.2 Å². The molecule has 3 heterocycles. The van der Waals surface area contributed by atoms with Gasteiger partial charge in [-0.15, -0.1) is 0 Å². The number of hydrogen-bond acceptors (Lipinski definition) is 7. The van der Waals surface area contributed by atoms with E-state index >= 15 is 0 Å². The standard InChI is InChI=1S/C30H45N5O6/c1-21-5-6-24(17-25(21)35-16-11-26(36)32-28(35)38)40-20-27(37)31-18-22-7-12-33(13-8-22)19-23-9-14-34(15-10-23)29(39)41-30(2,3)4/h5-6,17,22-23H,7-16,18-20H2,1-4H3,(H,31,37)(H,32,36,38). The molecule has 226 valence electrons. The first-order chi connectivity index (χ1) is 19.5. The van der Waals surface area contributed by atoms with Crippen LogP contribution >= 0.6 is 0 Å². The van der Waals surface area contributed by atoms with Gasteiger partial charge in [0.05, 0.1) is 5.69 Å². The Bertz CT molecular complexity index is 1100. The van der Waals surface area contributed by atoms with Crippen LogP contribution in [0.5, 0.6) is 5.75 Å². The SMILES string of the molecule is Cc1ccc(OCC(=O)NCC2CCN(CC3CCN(C(=O)OC(C)(C)C)CC3)CC2)cc1N1CCC(=O)NC1=O. The number of rotatable bonds is 8. The van der Waals surface area contributed by atoms with Crippen molar-refractivity contribution in [3.8, 4) is 5.75 Å². The van der Waals surface area contributed by atoms with Crippen LogP contribution in [-0.4, -0.2) is 91.8 Å². The fourth-order valence-electron chi connectivity index (χ4n) is 5.58. The van der Waals surface area contributed by atoms with Crippen LogP contribution in [0.1, 0.15) is 58.4 Å². The third-order valence-electron chi connectivity index (χ3n) is 7.97. The summed E-state index contributed by atoms with van der Waals surface area (Å²) in [6.07, 6.45) is 4.12. The van der Waals surface area contributed by atoms with Gasteiger partial charge in [0.25, 0.3) is 5.91 Å². The molecular formula is C30H45N5O6. The lowest BCUT2D eigenvalue weighted by atomic mass is 9.93. The van der Waals surface area contributed by atoms with E-state index < -0.39 is 11.6 Å². The van der Waals surface area contributed by atoms with Gasteiger partial charge in [0.15, 0.2) is 6.61 Å². The molecule has 0 aliphatic carbocycles. The monoisotopic (exact) mass is 571 g/mol. The number of carbonyl (C=O) groups is 4. The number of carbonyl (C=O) groups excluding carboxylic acids is 4. The molecule has 11 heteroatoms. The largest absolute Gasteiger partial charge is 0.484 e. The summed E-state index contributed by atoms with van der Waals surface area (Å²) in [6, 6.07) is 4.89. The Kier molecular flexibility index (Phi) is 10.1. The van der Waals surface area contributed by atoms with Crippen molar-refractivity contribution in [2.45, 2.75) is 65.4 Å². The number of urea groups is 1. The number of nitrogens with zero attached hydrogens (tertiary/aromatic N) is 3. The molecule has 41 heavy (non-hydrogen) atoms. The van der Waals surface area contributed by atoms with Gasteiger partial charge in [0.2, 0.25) is 5.91 Å². The van der Waals surface area contributed by atoms with Crippen LogP contribution in [0, 0.1) is 18.8 Å². The second-order valence-corrected chi connectivity index (χ2v) is 12.5. The number of likely N-dealkylation sites (tertiary alicyclic amines) is 2. The molecule has 4 rings (SSSR count). The Hall–Kier alpha value is -3.34. The maximum Gasteiger partial charge on any atom is 0.410 e. The molecular weight excluding hydrogens is 526 g/mol. The summed E-state index contributed by atoms with van der Waals surface area (Å²) in [5.41, 5.74) is 1.07. The number of benzene rings is 1. The van der Waals surface area contributed by atoms with Gasteiger partial charge < -0.3 is 24.6 Å². The zero-order chi connectivity index (χ0) is 29.6. The molecule has 3 aliphatic heterocycles. The van der Waals surface area contributed by atoms with Gasteiger partial charge in [-0.3, -0.25) is 19.8 Å². The third kappa shape index (κ3) is 9.08. The van der Waals surface area contributed by atoms with E-state index in [1.165, 1.54) is 4.90 Å². The summed E-state index contributed by atoms with van der Waals surface area (Å²) in [6.45, 7) is 13.0. The molecule has 3 saturated heterocycles. The minimum atomic E-state index is -0.465. The van der Waals surface area contributed by atoms with Gasteiger partial charge in [0, 0.05) is 45.2 Å². The number of anilines is 1. The zero-order valence-corrected chi connectivity index (χ0v) is 24.9. The quantitative estimate of drug-likeness (QED) is 0.491. The summed E-state index contributed by atoms with van der Waals surface area (Å²) in [5, 5.41) is 5.34. The first kappa shape index (κ1) is 30.6. The Morgan fingerprint density at radius 2 is 1.68 bits per heavy atom. The third-order valence-corrected chi connectivity index (χ3v) is 7.97. The van der Waals surface area contributed by atoms with Crippen molar-refractivity contribution < 1.29 is 28.7 Å². The van der Waals surface area contributed by atoms with Gasteiger partial charge in [-0.1, -0.05) is 6.07 Å². The van der Waals surface area contributed by atoms with Gasteiger partial charge in [-0.25, -0.2) is 9.59 Å². The predicted octanol–water partition coefficient (Wildman–Crippen LogP) is 3.30. The Morgan fingerprint density at radius 3 is 2.34 bits per heavy atom. The highest BCUT2D eigenvalue weighted by Crippen LogP contribution is 2.27. The van der Waals surface area contributed by atoms with Crippen molar-refractivity contribution in [1.82, 2.24) is 20.4 Å². The minimum Gasteiger partial charge on any atom is -0.484 e. The second kappa shape index (κ2) is 13.5. The molecule has 0 saturated carbocycles. The maximum atomic E-state index is 12.5. The number of aryl methyl sites for hydroxylation is 1. The molecule has 0 atom stereocenters. The van der Waals surface area contributed by atoms with Gasteiger partial charge in [0.1, 0.15) is 11.4 Å². The highest BCUT2D eigenvalue weighted by Gasteiger charge is 2.29. The van der Waals surface area contributed by atoms with E-state index in [0.717, 1.165) is 64.0 Å². The molecule has 3 fully saturated rings. The predicted molar refractivity (Wildman–Crippen MR) is 155 cm³/mol. The van der Waals surface area contributed by atoms with E-state index in [1.807, 2.05) is 38.7 Å². The number of piperidine rings is 2. The molecule has 2 N–H and O–H groups in total. The van der Waals surface area contributed by atoms with Gasteiger partial charge >= 0.3 is 12.1 Å². The lowest BCUT2D eigenvalue weighted by Crippen LogP contribution is -2.49. The van der Waals surface area contributed by atoms with Crippen molar-refractivity contribution in [1.29, 1.82) is 0 Å². The molecule has 0 bridgehead atoms. The summed E-state index contributed by atoms with van der Waals surface area (Å²) >= 11 is 0. The summed E-state index contributed by atoms with van der Waals surface area (Å²) in [5.74, 6) is 1.08. The van der Waals surface area contributed by atoms with E-state index in [9.17, 15) is 19.2 Å². The van der Waals surface area contributed by atoms with Crippen LogP contribution in [0.3, 0.4) is 0 Å². The van der Waals surface area contributed by atoms with Crippen molar-refractivity contribution in [2.75, 3.05) is 57.3 Å². The van der Waals surface area contributed by atoms with E-state index in [1.54, 1.807) is 12.1 Å². The van der Waals surface area contributed by atoms with E-state index in [4.69, 9.17) is 9.47 Å². The lowest BCUT2D eigenvalue weighted by Gasteiger charge is -2.38. The van der Waals surface area contributed by atoms with Crippen molar-refractivity contribution in [2.24, 2.45) is 11.8 Å². The average Bonchev–Trinajstić information content (AvgIpc) is 2.92. The van der Waals surface area contributed by atoms with Crippen LogP contribution in [0.25, 0.3) is 0 Å². The molecule has 0 aromatic heterocycles. The molecule has 5 amide bonds. The van der Waals surface area contributed by atoms with Crippen LogP contribution in [0.4, 0.5) is 15.3 Å². The Balaban J connectivity index is 1.12. The summed E-state index contributed by atoms with van der Waals surface area (Å²) < 4.78 is 11.2. The first-order valence-corrected chi connectivity index (χ1v) is 14.8. The topological polar surface area (TPSA) is 121 Å². The average molecular weight is 572 g/mol. The number of imide groups is 1. The van der Waals surface area contributed by atoms with Crippen molar-refractivity contribution in [3.05, 3.63) is 23.8 Å². The fraction of sp³-hybridized carbons (Fsp3) is 0.667. The number of nitrogens with one attached hydrogen (secondary N) is 2. The maximum absolute atomic E-state index is 12.5. The number of ether oxygens (including phenoxy) is 2. The molecule has 3 aliphatic rings. The van der Waals surface area contributed by atoms with Crippen molar-refractivity contribution >= 4 is 29.6 Å². The first-order valence-electron chi connectivity index (χ1n) is 14.8. The van der Waals surface area contributed by atoms with Crippen molar-refractivity contribution in [3.63, 3.8) is 0 Å². The lowest BCUT2D eigenvalue weighted by molar-refractivity contribution is -0.123. The number of amides is 5. The zero-order valence-electron chi connectivity index (χ0n) is 24.9. The van der Waals surface area contributed by atoms with Crippen LogP contribution in [-0.2, 0) is 14.3 Å². The van der Waals surface area contributed by atoms with E-state index in [-0.39, 0.29) is 30.9 Å². The Morgan fingerprint density at radius 1 is 1.00 bits per heavy atom. The smallest absolute Gasteiger partial charge is 0.410 e. The molecule has 11 nitrogen and oxygen atoms in total. The van der Waals surface area contributed by atoms with E-state index in [0.29, 0.717) is 36.4 Å². The molecule has 0 radical (unpaired) electrons.